The van der Waals surface area contributed by atoms with Crippen LogP contribution < -0.4 is 0 Å². The Labute approximate surface area is 652 Å². The van der Waals surface area contributed by atoms with E-state index >= 15 is 0 Å². The van der Waals surface area contributed by atoms with E-state index in [1.165, 1.54) is 232 Å². The van der Waals surface area contributed by atoms with Gasteiger partial charge in [0.15, 0.2) is 0 Å². The lowest BCUT2D eigenvalue weighted by Crippen LogP contribution is -1.96. The molecule has 2 aliphatic carbocycles. The predicted octanol–water partition coefficient (Wildman–Crippen LogP) is 31.3. The number of rotatable bonds is 13. The van der Waals surface area contributed by atoms with E-state index < -0.39 is 0 Å². The third-order valence-electron chi connectivity index (χ3n) is 23.8. The van der Waals surface area contributed by atoms with Crippen LogP contribution in [-0.4, -0.2) is 0 Å². The van der Waals surface area contributed by atoms with Gasteiger partial charge in [-0.25, -0.2) is 0 Å². The van der Waals surface area contributed by atoms with Crippen LogP contribution in [-0.2, 0) is 0 Å². The molecule has 0 atom stereocenters. The van der Waals surface area contributed by atoms with Crippen LogP contribution in [0.15, 0.2) is 425 Å². The Kier molecular flexibility index (Phi) is 15.4. The van der Waals surface area contributed by atoms with Crippen LogP contribution in [0.1, 0.15) is 0 Å². The van der Waals surface area contributed by atoms with Crippen molar-refractivity contribution in [3.63, 3.8) is 0 Å². The molecule has 112 heavy (non-hydrogen) atoms. The molecule has 0 aliphatic heterocycles. The van der Waals surface area contributed by atoms with Gasteiger partial charge in [-0.1, -0.05) is 400 Å². The summed E-state index contributed by atoms with van der Waals surface area (Å²) in [5.41, 5.74) is 41.0. The fourth-order valence-electron chi connectivity index (χ4n) is 18.7. The van der Waals surface area contributed by atoms with E-state index in [9.17, 15) is 0 Å². The van der Waals surface area contributed by atoms with Crippen LogP contribution in [0.25, 0.3) is 232 Å². The molecule has 2 aliphatic rings. The van der Waals surface area contributed by atoms with Crippen molar-refractivity contribution < 1.29 is 0 Å². The maximum Gasteiger partial charge on any atom is -0.000740 e. The molecule has 0 spiro atoms. The average Bonchev–Trinajstić information content (AvgIpc) is 1.52. The predicted molar refractivity (Wildman–Crippen MR) is 476 cm³/mol. The summed E-state index contributed by atoms with van der Waals surface area (Å²) in [7, 11) is 0. The normalized spacial score (nSPS) is 11.8. The molecule has 0 fully saturated rings. The van der Waals surface area contributed by atoms with E-state index in [0.717, 1.165) is 0 Å². The lowest BCUT2D eigenvalue weighted by Gasteiger charge is -2.23. The molecule has 0 nitrogen and oxygen atoms in total. The Bertz CT molecular complexity index is 6280. The molecule has 0 saturated heterocycles. The minimum atomic E-state index is 1.17. The van der Waals surface area contributed by atoms with Crippen molar-refractivity contribution in [1.29, 1.82) is 0 Å². The molecule has 22 rings (SSSR count). The Hall–Kier alpha value is -14.6. The molecule has 0 bridgehead atoms. The first-order valence-electron chi connectivity index (χ1n) is 38.9. The lowest BCUT2D eigenvalue weighted by atomic mass is 9.79. The van der Waals surface area contributed by atoms with Gasteiger partial charge in [-0.05, 0) is 257 Å². The van der Waals surface area contributed by atoms with Gasteiger partial charge in [0.25, 0.3) is 0 Å². The molecule has 20 aromatic rings. The van der Waals surface area contributed by atoms with Crippen molar-refractivity contribution in [3.05, 3.63) is 425 Å². The molecule has 518 valence electrons. The summed E-state index contributed by atoms with van der Waals surface area (Å²) >= 11 is 0. The summed E-state index contributed by atoms with van der Waals surface area (Å²) in [6, 6.07) is 159. The number of hydrogen-bond donors (Lipinski definition) is 0. The molecule has 0 radical (unpaired) electrons. The van der Waals surface area contributed by atoms with Crippen molar-refractivity contribution in [2.45, 2.75) is 0 Å². The Morgan fingerprint density at radius 2 is 0.268 bits per heavy atom. The average molecular weight is 1420 g/mol. The van der Waals surface area contributed by atoms with Crippen molar-refractivity contribution in [3.8, 4) is 189 Å². The van der Waals surface area contributed by atoms with Crippen LogP contribution in [0, 0.1) is 0 Å². The highest BCUT2D eigenvalue weighted by atomic mass is 14.4. The molecule has 0 unspecified atom stereocenters. The van der Waals surface area contributed by atoms with E-state index in [4.69, 9.17) is 0 Å². The van der Waals surface area contributed by atoms with Gasteiger partial charge >= 0.3 is 0 Å². The highest BCUT2D eigenvalue weighted by Crippen LogP contribution is 2.63. The van der Waals surface area contributed by atoms with Crippen LogP contribution in [0.2, 0.25) is 0 Å². The van der Waals surface area contributed by atoms with Crippen molar-refractivity contribution >= 4 is 43.1 Å². The second-order valence-electron chi connectivity index (χ2n) is 29.9. The fourth-order valence-corrected chi connectivity index (χ4v) is 18.7. The Morgan fingerprint density at radius 3 is 0.491 bits per heavy atom. The molecule has 0 heterocycles. The SMILES string of the molecule is c1ccc(-c2ccc(-c3c4c(c(-c5ccc(-c6ccccc6)cc5)c5cc(-c6ccccc6)c(-c6ccccc6)cc35)-c3ccc(-c5ccc6c7c(cccc57)-c5c-6c(-c6ccc(-c7ccccc7)cc6)c6cc(-c7ccccc7)c(-c7ccccc7)cc6c5-c5ccc(-c6ccccc6)cc5)c5cccc-4c35)cc2)cc1. The van der Waals surface area contributed by atoms with Gasteiger partial charge in [-0.3, -0.25) is 0 Å². The molecular weight excluding hydrogens is 1350 g/mol. The zero-order chi connectivity index (χ0) is 73.7. The lowest BCUT2D eigenvalue weighted by molar-refractivity contribution is 1.58. The van der Waals surface area contributed by atoms with Gasteiger partial charge in [0.2, 0.25) is 0 Å². The maximum atomic E-state index is 2.53. The highest BCUT2D eigenvalue weighted by molar-refractivity contribution is 6.33. The zero-order valence-electron chi connectivity index (χ0n) is 61.4. The van der Waals surface area contributed by atoms with Crippen LogP contribution in [0.3, 0.4) is 0 Å². The van der Waals surface area contributed by atoms with Crippen LogP contribution in [0.5, 0.6) is 0 Å². The first kappa shape index (κ1) is 64.6. The van der Waals surface area contributed by atoms with E-state index in [1.54, 1.807) is 0 Å². The molecule has 0 saturated carbocycles. The quantitative estimate of drug-likeness (QED) is 0.108. The smallest absolute Gasteiger partial charge is 0.000740 e. The maximum absolute atomic E-state index is 2.53. The second-order valence-corrected chi connectivity index (χ2v) is 29.9. The molecule has 0 amide bonds. The highest BCUT2D eigenvalue weighted by Gasteiger charge is 2.36. The molecule has 0 heteroatoms. The topological polar surface area (TPSA) is 0 Å². The molecular formula is C112H70. The molecule has 0 N–H and O–H groups in total. The van der Waals surface area contributed by atoms with E-state index in [1.807, 2.05) is 0 Å². The summed E-state index contributed by atoms with van der Waals surface area (Å²) in [4.78, 5) is 0. The standard InChI is InChI=1S/C112H70/c1-9-27-71(28-10-1)75-47-55-83(56-48-75)103-99-67-95(79-35-17-5-18-36-79)97(81-39-21-7-22-40-81)69-101(99)105(85-59-51-77(52-60-85)73-31-13-3-14-32-73)111-93-65-63-87(89-43-25-45-91(107(89)93)109(103)111)88-64-66-94-108-90(88)44-26-46-92(108)110-104(84-57-49-76(50-58-84)72-29-11-2-12-30-72)100-68-96(80-37-19-6-20-38-80)98(82-41-23-8-24-42-82)70-102(100)106(112(94)110)86-61-53-78(54-62-86)74-33-15-4-16-34-74/h1-70H. The van der Waals surface area contributed by atoms with E-state index in [-0.39, 0.29) is 0 Å². The molecule has 20 aromatic carbocycles. The van der Waals surface area contributed by atoms with Gasteiger partial charge in [0.1, 0.15) is 0 Å². The van der Waals surface area contributed by atoms with Gasteiger partial charge in [-0.2, -0.15) is 0 Å². The summed E-state index contributed by atoms with van der Waals surface area (Å²) < 4.78 is 0. The summed E-state index contributed by atoms with van der Waals surface area (Å²) in [5.74, 6) is 0. The minimum Gasteiger partial charge on any atom is -0.0622 e. The fraction of sp³-hybridized carbons (Fsp3) is 0. The largest absolute Gasteiger partial charge is 0.0622 e. The van der Waals surface area contributed by atoms with Gasteiger partial charge < -0.3 is 0 Å². The van der Waals surface area contributed by atoms with E-state index in [2.05, 4.69) is 425 Å². The van der Waals surface area contributed by atoms with Crippen molar-refractivity contribution in [1.82, 2.24) is 0 Å². The first-order valence-corrected chi connectivity index (χ1v) is 38.9. The summed E-state index contributed by atoms with van der Waals surface area (Å²) in [6.45, 7) is 0. The summed E-state index contributed by atoms with van der Waals surface area (Å²) in [5, 5.41) is 9.83. The zero-order valence-corrected chi connectivity index (χ0v) is 61.4. The number of benzene rings is 20. The number of fused-ring (bicyclic) bond motifs is 8. The third-order valence-corrected chi connectivity index (χ3v) is 23.8. The van der Waals surface area contributed by atoms with Gasteiger partial charge in [0.05, 0.1) is 0 Å². The van der Waals surface area contributed by atoms with Crippen LogP contribution in [0.4, 0.5) is 0 Å². The van der Waals surface area contributed by atoms with Crippen LogP contribution >= 0.6 is 0 Å². The third kappa shape index (κ3) is 10.6. The second kappa shape index (κ2) is 26.7. The van der Waals surface area contributed by atoms with Crippen molar-refractivity contribution in [2.75, 3.05) is 0 Å². The monoisotopic (exact) mass is 1410 g/mol. The first-order chi connectivity index (χ1) is 55.6. The minimum absolute atomic E-state index is 1.17. The number of hydrogen-bond acceptors (Lipinski definition) is 0. The Balaban J connectivity index is 0.815. The van der Waals surface area contributed by atoms with Gasteiger partial charge in [0, 0.05) is 0 Å². The summed E-state index contributed by atoms with van der Waals surface area (Å²) in [6.07, 6.45) is 0. The van der Waals surface area contributed by atoms with Gasteiger partial charge in [-0.15, -0.1) is 0 Å². The Morgan fingerprint density at radius 1 is 0.0893 bits per heavy atom. The van der Waals surface area contributed by atoms with E-state index in [0.29, 0.717) is 0 Å². The van der Waals surface area contributed by atoms with Crippen molar-refractivity contribution in [2.24, 2.45) is 0 Å². The molecule has 0 aromatic heterocycles.